The Morgan fingerprint density at radius 2 is 2.20 bits per heavy atom. The summed E-state index contributed by atoms with van der Waals surface area (Å²) in [6.45, 7) is 0.0659. The van der Waals surface area contributed by atoms with Gasteiger partial charge in [0.1, 0.15) is 6.54 Å². The second-order valence-electron chi connectivity index (χ2n) is 3.94. The fourth-order valence-electron chi connectivity index (χ4n) is 1.51. The van der Waals surface area contributed by atoms with Crippen LogP contribution in [0.2, 0.25) is 0 Å². The Balaban J connectivity index is 2.12. The molecule has 0 aliphatic rings. The molecule has 1 aromatic carbocycles. The lowest BCUT2D eigenvalue weighted by Gasteiger charge is -2.08. The van der Waals surface area contributed by atoms with Gasteiger partial charge in [-0.05, 0) is 40.2 Å². The van der Waals surface area contributed by atoms with Crippen LogP contribution in [0.4, 0.5) is 5.69 Å². The zero-order valence-corrected chi connectivity index (χ0v) is 12.6. The molecule has 0 fully saturated rings. The van der Waals surface area contributed by atoms with Crippen molar-refractivity contribution in [3.05, 3.63) is 41.1 Å². The largest absolute Gasteiger partial charge is 0.323 e. The highest BCUT2D eigenvalue weighted by Gasteiger charge is 2.12. The van der Waals surface area contributed by atoms with Gasteiger partial charge in [0, 0.05) is 16.9 Å². The molecule has 1 amide bonds. The van der Waals surface area contributed by atoms with E-state index in [0.717, 1.165) is 0 Å². The number of aromatic nitrogens is 2. The smallest absolute Gasteiger partial charge is 0.246 e. The number of sulfonamides is 1. The Bertz CT molecular complexity index is 728. The van der Waals surface area contributed by atoms with E-state index in [9.17, 15) is 13.2 Å². The lowest BCUT2D eigenvalue weighted by atomic mass is 10.3. The molecule has 0 aliphatic heterocycles. The number of hydrogen-bond acceptors (Lipinski definition) is 4. The summed E-state index contributed by atoms with van der Waals surface area (Å²) >= 11 is 3.19. The number of carbonyl (C=O) groups excluding carboxylic acids is 1. The highest BCUT2D eigenvalue weighted by molar-refractivity contribution is 9.10. The standard InChI is InChI=1S/C11H11BrN4O3S/c12-9-6-8(20(13,18)19)2-3-10(9)15-11(17)7-16-5-1-4-14-16/h1-6H,7H2,(H,15,17)(H2,13,18,19). The van der Waals surface area contributed by atoms with Crippen molar-refractivity contribution in [2.24, 2.45) is 5.14 Å². The zero-order valence-electron chi connectivity index (χ0n) is 10.2. The number of rotatable bonds is 4. The van der Waals surface area contributed by atoms with Gasteiger partial charge in [-0.1, -0.05) is 0 Å². The minimum absolute atomic E-state index is 0.0329. The fraction of sp³-hybridized carbons (Fsp3) is 0.0909. The van der Waals surface area contributed by atoms with Crippen molar-refractivity contribution in [2.75, 3.05) is 5.32 Å². The average Bonchev–Trinajstić information content (AvgIpc) is 2.83. The molecule has 0 saturated carbocycles. The molecule has 0 saturated heterocycles. The number of benzene rings is 1. The monoisotopic (exact) mass is 358 g/mol. The summed E-state index contributed by atoms with van der Waals surface area (Å²) in [7, 11) is -3.77. The molecule has 9 heteroatoms. The Labute approximate surface area is 124 Å². The van der Waals surface area contributed by atoms with Gasteiger partial charge in [-0.15, -0.1) is 0 Å². The predicted octanol–water partition coefficient (Wildman–Crippen LogP) is 0.932. The van der Waals surface area contributed by atoms with Gasteiger partial charge >= 0.3 is 0 Å². The van der Waals surface area contributed by atoms with Crippen LogP contribution in [0.1, 0.15) is 0 Å². The van der Waals surface area contributed by atoms with Crippen LogP contribution in [0.3, 0.4) is 0 Å². The number of amides is 1. The number of primary sulfonamides is 1. The van der Waals surface area contributed by atoms with E-state index in [1.165, 1.54) is 22.9 Å². The molecule has 1 heterocycles. The molecule has 1 aromatic heterocycles. The molecule has 0 atom stereocenters. The molecule has 7 nitrogen and oxygen atoms in total. The fourth-order valence-corrected chi connectivity index (χ4v) is 2.67. The van der Waals surface area contributed by atoms with E-state index in [0.29, 0.717) is 10.2 Å². The number of anilines is 1. The van der Waals surface area contributed by atoms with E-state index >= 15 is 0 Å². The first-order valence-electron chi connectivity index (χ1n) is 5.46. The summed E-state index contributed by atoms with van der Waals surface area (Å²) in [5.74, 6) is -0.280. The lowest BCUT2D eigenvalue weighted by Crippen LogP contribution is -2.19. The SMILES string of the molecule is NS(=O)(=O)c1ccc(NC(=O)Cn2cccn2)c(Br)c1. The van der Waals surface area contributed by atoms with Crippen LogP contribution in [0, 0.1) is 0 Å². The van der Waals surface area contributed by atoms with Gasteiger partial charge in [-0.3, -0.25) is 9.48 Å². The summed E-state index contributed by atoms with van der Waals surface area (Å²) in [5.41, 5.74) is 0.453. The average molecular weight is 359 g/mol. The van der Waals surface area contributed by atoms with Gasteiger partial charge in [0.15, 0.2) is 0 Å². The second-order valence-corrected chi connectivity index (χ2v) is 6.35. The number of hydrogen-bond donors (Lipinski definition) is 2. The van der Waals surface area contributed by atoms with Crippen molar-refractivity contribution in [3.8, 4) is 0 Å². The topological polar surface area (TPSA) is 107 Å². The van der Waals surface area contributed by atoms with Crippen molar-refractivity contribution in [2.45, 2.75) is 11.4 Å². The van der Waals surface area contributed by atoms with Crippen molar-refractivity contribution < 1.29 is 13.2 Å². The predicted molar refractivity (Wildman–Crippen MR) is 76.4 cm³/mol. The maximum Gasteiger partial charge on any atom is 0.246 e. The second kappa shape index (κ2) is 5.73. The number of nitrogens with one attached hydrogen (secondary N) is 1. The molecule has 2 rings (SSSR count). The minimum atomic E-state index is -3.77. The number of carbonyl (C=O) groups is 1. The van der Waals surface area contributed by atoms with Crippen LogP contribution >= 0.6 is 15.9 Å². The third-order valence-electron chi connectivity index (χ3n) is 2.41. The molecule has 20 heavy (non-hydrogen) atoms. The van der Waals surface area contributed by atoms with E-state index in [1.807, 2.05) is 0 Å². The van der Waals surface area contributed by atoms with E-state index in [4.69, 9.17) is 5.14 Å². The van der Waals surface area contributed by atoms with E-state index in [2.05, 4.69) is 26.3 Å². The highest BCUT2D eigenvalue weighted by Crippen LogP contribution is 2.25. The van der Waals surface area contributed by atoms with Crippen LogP contribution in [0.25, 0.3) is 0 Å². The molecular formula is C11H11BrN4O3S. The van der Waals surface area contributed by atoms with E-state index in [-0.39, 0.29) is 17.3 Å². The first kappa shape index (κ1) is 14.7. The van der Waals surface area contributed by atoms with Crippen molar-refractivity contribution >= 4 is 37.5 Å². The zero-order chi connectivity index (χ0) is 14.8. The van der Waals surface area contributed by atoms with Crippen LogP contribution in [-0.2, 0) is 21.4 Å². The summed E-state index contributed by atoms with van der Waals surface area (Å²) < 4.78 is 24.3. The third-order valence-corrected chi connectivity index (χ3v) is 3.98. The van der Waals surface area contributed by atoms with Gasteiger partial charge in [0.2, 0.25) is 15.9 Å². The van der Waals surface area contributed by atoms with Crippen LogP contribution in [-0.4, -0.2) is 24.1 Å². The molecule has 0 unspecified atom stereocenters. The Hall–Kier alpha value is -1.71. The van der Waals surface area contributed by atoms with Gasteiger partial charge < -0.3 is 5.32 Å². The van der Waals surface area contributed by atoms with Gasteiger partial charge in [0.05, 0.1) is 10.6 Å². The molecule has 0 spiro atoms. The number of halogens is 1. The van der Waals surface area contributed by atoms with E-state index < -0.39 is 10.0 Å². The maximum atomic E-state index is 11.8. The summed E-state index contributed by atoms with van der Waals surface area (Å²) in [5, 5.41) is 11.6. The third kappa shape index (κ3) is 3.65. The molecule has 3 N–H and O–H groups in total. The van der Waals surface area contributed by atoms with Crippen LogP contribution < -0.4 is 10.5 Å². The van der Waals surface area contributed by atoms with Crippen LogP contribution in [0.5, 0.6) is 0 Å². The molecule has 0 radical (unpaired) electrons. The Morgan fingerprint density at radius 1 is 1.45 bits per heavy atom. The van der Waals surface area contributed by atoms with Crippen molar-refractivity contribution in [1.82, 2.24) is 9.78 Å². The van der Waals surface area contributed by atoms with Crippen molar-refractivity contribution in [1.29, 1.82) is 0 Å². The van der Waals surface area contributed by atoms with Gasteiger partial charge in [-0.2, -0.15) is 5.10 Å². The molecule has 0 aliphatic carbocycles. The summed E-state index contributed by atoms with van der Waals surface area (Å²) in [6, 6.07) is 5.83. The molecule has 0 bridgehead atoms. The highest BCUT2D eigenvalue weighted by atomic mass is 79.9. The Kier molecular flexibility index (Phi) is 4.21. The van der Waals surface area contributed by atoms with Crippen LogP contribution in [0.15, 0.2) is 46.0 Å². The minimum Gasteiger partial charge on any atom is -0.323 e. The van der Waals surface area contributed by atoms with Crippen molar-refractivity contribution in [3.63, 3.8) is 0 Å². The number of nitrogens with zero attached hydrogens (tertiary/aromatic N) is 2. The number of nitrogens with two attached hydrogens (primary N) is 1. The normalized spacial score (nSPS) is 11.3. The van der Waals surface area contributed by atoms with E-state index in [1.54, 1.807) is 18.5 Å². The Morgan fingerprint density at radius 3 is 2.75 bits per heavy atom. The quantitative estimate of drug-likeness (QED) is 0.847. The first-order chi connectivity index (χ1) is 9.36. The first-order valence-corrected chi connectivity index (χ1v) is 7.80. The molecular weight excluding hydrogens is 348 g/mol. The molecule has 2 aromatic rings. The molecule has 106 valence electrons. The lowest BCUT2D eigenvalue weighted by molar-refractivity contribution is -0.116. The summed E-state index contributed by atoms with van der Waals surface area (Å²) in [6.07, 6.45) is 3.24. The maximum absolute atomic E-state index is 11.8. The van der Waals surface area contributed by atoms with Gasteiger partial charge in [-0.25, -0.2) is 13.6 Å². The van der Waals surface area contributed by atoms with Gasteiger partial charge in [0.25, 0.3) is 0 Å². The summed E-state index contributed by atoms with van der Waals surface area (Å²) in [4.78, 5) is 11.7.